The Labute approximate surface area is 109 Å². The fraction of sp³-hybridized carbons (Fsp3) is 0.500. The van der Waals surface area contributed by atoms with Gasteiger partial charge in [-0.15, -0.1) is 0 Å². The maximum absolute atomic E-state index is 11.8. The molecular formula is C14H12O5. The lowest BCUT2D eigenvalue weighted by Crippen LogP contribution is -2.54. The third-order valence-corrected chi connectivity index (χ3v) is 4.94. The standard InChI is InChI=1S/C14H12O5/c1-18-12(15)8-4-7-5-2-3-6(9(7)8)11-10(5)13(16)19-14(11)17/h2-7,9-11H,1H3/t5-,6-,7-,9-,10+,11+/m0/s1. The Hall–Kier alpha value is -1.91. The Morgan fingerprint density at radius 2 is 1.68 bits per heavy atom. The van der Waals surface area contributed by atoms with E-state index < -0.39 is 17.9 Å². The first-order valence-corrected chi connectivity index (χ1v) is 6.37. The van der Waals surface area contributed by atoms with Crippen molar-refractivity contribution in [2.24, 2.45) is 35.5 Å². The van der Waals surface area contributed by atoms with Crippen LogP contribution in [0.1, 0.15) is 0 Å². The monoisotopic (exact) mass is 260 g/mol. The van der Waals surface area contributed by atoms with E-state index >= 15 is 0 Å². The van der Waals surface area contributed by atoms with Crippen LogP contribution in [0.3, 0.4) is 0 Å². The quantitative estimate of drug-likeness (QED) is 0.389. The molecule has 0 aromatic carbocycles. The van der Waals surface area contributed by atoms with Crippen LogP contribution in [0.4, 0.5) is 0 Å². The Balaban J connectivity index is 1.76. The number of rotatable bonds is 1. The smallest absolute Gasteiger partial charge is 0.333 e. The number of esters is 3. The topological polar surface area (TPSA) is 69.7 Å². The zero-order valence-electron chi connectivity index (χ0n) is 10.2. The first-order valence-electron chi connectivity index (χ1n) is 6.37. The van der Waals surface area contributed by atoms with E-state index in [2.05, 4.69) is 0 Å². The van der Waals surface area contributed by atoms with Gasteiger partial charge in [0.15, 0.2) is 0 Å². The highest BCUT2D eigenvalue weighted by atomic mass is 16.6. The molecule has 19 heavy (non-hydrogen) atoms. The van der Waals surface area contributed by atoms with Gasteiger partial charge in [0.25, 0.3) is 0 Å². The van der Waals surface area contributed by atoms with E-state index in [1.54, 1.807) is 0 Å². The lowest BCUT2D eigenvalue weighted by molar-refractivity contribution is -0.154. The summed E-state index contributed by atoms with van der Waals surface area (Å²) in [5, 5.41) is 0. The van der Waals surface area contributed by atoms with Gasteiger partial charge in [-0.3, -0.25) is 9.59 Å². The molecule has 98 valence electrons. The van der Waals surface area contributed by atoms with Gasteiger partial charge in [0.1, 0.15) is 0 Å². The molecule has 6 atom stereocenters. The molecule has 1 heterocycles. The van der Waals surface area contributed by atoms with Crippen LogP contribution in [0.15, 0.2) is 23.8 Å². The number of methoxy groups -OCH3 is 1. The van der Waals surface area contributed by atoms with E-state index in [0.29, 0.717) is 5.57 Å². The number of hydrogen-bond donors (Lipinski definition) is 0. The molecule has 0 aromatic heterocycles. The summed E-state index contributed by atoms with van der Waals surface area (Å²) in [6, 6.07) is 0. The van der Waals surface area contributed by atoms with Gasteiger partial charge >= 0.3 is 17.9 Å². The number of hydrogen-bond acceptors (Lipinski definition) is 5. The summed E-state index contributed by atoms with van der Waals surface area (Å²) in [5.41, 5.74) is 0.637. The number of ether oxygens (including phenoxy) is 2. The summed E-state index contributed by atoms with van der Waals surface area (Å²) in [6.07, 6.45) is 5.84. The molecule has 4 aliphatic carbocycles. The van der Waals surface area contributed by atoms with Crippen molar-refractivity contribution in [3.05, 3.63) is 23.8 Å². The van der Waals surface area contributed by atoms with Crippen LogP contribution >= 0.6 is 0 Å². The third-order valence-electron chi connectivity index (χ3n) is 4.94. The van der Waals surface area contributed by atoms with E-state index in [1.165, 1.54) is 7.11 Å². The van der Waals surface area contributed by atoms with Crippen LogP contribution in [0.25, 0.3) is 0 Å². The van der Waals surface area contributed by atoms with Gasteiger partial charge in [-0.2, -0.15) is 0 Å². The maximum atomic E-state index is 11.8. The van der Waals surface area contributed by atoms with Crippen molar-refractivity contribution in [2.75, 3.05) is 7.11 Å². The number of allylic oxidation sites excluding steroid dienone is 3. The summed E-state index contributed by atoms with van der Waals surface area (Å²) < 4.78 is 9.53. The summed E-state index contributed by atoms with van der Waals surface area (Å²) in [6.45, 7) is 0. The highest BCUT2D eigenvalue weighted by Gasteiger charge is 2.64. The van der Waals surface area contributed by atoms with Crippen molar-refractivity contribution in [2.45, 2.75) is 0 Å². The molecule has 0 spiro atoms. The van der Waals surface area contributed by atoms with Gasteiger partial charge in [-0.25, -0.2) is 4.79 Å². The van der Waals surface area contributed by atoms with Gasteiger partial charge in [0.2, 0.25) is 0 Å². The second-order valence-electron chi connectivity index (χ2n) is 5.55. The predicted octanol–water partition coefficient (Wildman–Crippen LogP) is 0.463. The molecule has 5 aliphatic rings. The van der Waals surface area contributed by atoms with Gasteiger partial charge in [-0.05, 0) is 17.8 Å². The van der Waals surface area contributed by atoms with Crippen LogP contribution < -0.4 is 0 Å². The molecule has 0 unspecified atom stereocenters. The molecule has 1 saturated carbocycles. The minimum absolute atomic E-state index is 0.00199. The first kappa shape index (κ1) is 11.0. The lowest BCUT2D eigenvalue weighted by Gasteiger charge is -2.53. The zero-order valence-corrected chi connectivity index (χ0v) is 10.2. The largest absolute Gasteiger partial charge is 0.466 e. The fourth-order valence-electron chi connectivity index (χ4n) is 4.18. The average Bonchev–Trinajstić information content (AvgIpc) is 2.66. The molecule has 1 saturated heterocycles. The average molecular weight is 260 g/mol. The van der Waals surface area contributed by atoms with Crippen LogP contribution in [0, 0.1) is 35.5 Å². The summed E-state index contributed by atoms with van der Waals surface area (Å²) in [4.78, 5) is 35.3. The molecule has 0 amide bonds. The predicted molar refractivity (Wildman–Crippen MR) is 61.3 cm³/mol. The van der Waals surface area contributed by atoms with Crippen LogP contribution in [0.2, 0.25) is 0 Å². The highest BCUT2D eigenvalue weighted by Crippen LogP contribution is 2.60. The second kappa shape index (κ2) is 3.35. The summed E-state index contributed by atoms with van der Waals surface area (Å²) in [7, 11) is 1.35. The third kappa shape index (κ3) is 1.13. The minimum atomic E-state index is -0.441. The lowest BCUT2D eigenvalue weighted by atomic mass is 9.48. The Kier molecular flexibility index (Phi) is 1.93. The van der Waals surface area contributed by atoms with Crippen LogP contribution in [-0.4, -0.2) is 25.0 Å². The zero-order chi connectivity index (χ0) is 13.3. The van der Waals surface area contributed by atoms with E-state index in [0.717, 1.165) is 0 Å². The molecular weight excluding hydrogens is 248 g/mol. The highest BCUT2D eigenvalue weighted by molar-refractivity contribution is 5.99. The van der Waals surface area contributed by atoms with Gasteiger partial charge in [-0.1, -0.05) is 18.2 Å². The molecule has 1 aliphatic heterocycles. The molecule has 5 nitrogen and oxygen atoms in total. The van der Waals surface area contributed by atoms with Crippen molar-refractivity contribution in [1.29, 1.82) is 0 Å². The molecule has 0 radical (unpaired) electrons. The SMILES string of the molecule is COC(=O)C1=C[C@H]2[C@@H]3C=C[C@@H]([C@H]12)[C@H]1C(=O)OC(=O)[C@H]31. The number of carbonyl (C=O) groups is 3. The van der Waals surface area contributed by atoms with Crippen molar-refractivity contribution < 1.29 is 23.9 Å². The Morgan fingerprint density at radius 3 is 2.37 bits per heavy atom. The van der Waals surface area contributed by atoms with Gasteiger partial charge < -0.3 is 9.47 Å². The van der Waals surface area contributed by atoms with Crippen LogP contribution in [0.5, 0.6) is 0 Å². The molecule has 0 N–H and O–H groups in total. The normalized spacial score (nSPS) is 45.0. The fourth-order valence-corrected chi connectivity index (χ4v) is 4.18. The van der Waals surface area contributed by atoms with Crippen molar-refractivity contribution in [1.82, 2.24) is 0 Å². The summed E-state index contributed by atoms with van der Waals surface area (Å²) in [5.74, 6) is -1.94. The van der Waals surface area contributed by atoms with E-state index in [4.69, 9.17) is 9.47 Å². The van der Waals surface area contributed by atoms with Crippen molar-refractivity contribution >= 4 is 17.9 Å². The Morgan fingerprint density at radius 1 is 1.05 bits per heavy atom. The van der Waals surface area contributed by atoms with Gasteiger partial charge in [0, 0.05) is 11.5 Å². The Bertz CT molecular complexity index is 572. The van der Waals surface area contributed by atoms with E-state index in [9.17, 15) is 14.4 Å². The second-order valence-corrected chi connectivity index (χ2v) is 5.55. The number of cyclic esters (lactones) is 2. The molecule has 2 fully saturated rings. The van der Waals surface area contributed by atoms with E-state index in [-0.39, 0.29) is 35.6 Å². The minimum Gasteiger partial charge on any atom is -0.466 e. The van der Waals surface area contributed by atoms with Crippen LogP contribution in [-0.2, 0) is 23.9 Å². The molecule has 2 bridgehead atoms. The van der Waals surface area contributed by atoms with Gasteiger partial charge in [0.05, 0.1) is 18.9 Å². The van der Waals surface area contributed by atoms with Crippen molar-refractivity contribution in [3.8, 4) is 0 Å². The van der Waals surface area contributed by atoms with Crippen molar-refractivity contribution in [3.63, 3.8) is 0 Å². The van der Waals surface area contributed by atoms with E-state index in [1.807, 2.05) is 18.2 Å². The number of carbonyl (C=O) groups excluding carboxylic acids is 3. The molecule has 0 aromatic rings. The molecule has 5 rings (SSSR count). The summed E-state index contributed by atoms with van der Waals surface area (Å²) >= 11 is 0. The maximum Gasteiger partial charge on any atom is 0.333 e. The molecule has 5 heteroatoms. The first-order chi connectivity index (χ1) is 9.13.